The van der Waals surface area contributed by atoms with Gasteiger partial charge in [0.25, 0.3) is 0 Å². The lowest BCUT2D eigenvalue weighted by molar-refractivity contribution is 0.0693. The topological polar surface area (TPSA) is 121 Å². The Balaban J connectivity index is 0.000000497. The summed E-state index contributed by atoms with van der Waals surface area (Å²) in [5, 5.41) is 18.1. The second-order valence-electron chi connectivity index (χ2n) is 5.82. The van der Waals surface area contributed by atoms with Gasteiger partial charge in [0.1, 0.15) is 5.56 Å². The molecule has 0 bridgehead atoms. The molecule has 0 aliphatic heterocycles. The second-order valence-corrected chi connectivity index (χ2v) is 6.98. The Morgan fingerprint density at radius 1 is 1.10 bits per heavy atom. The van der Waals surface area contributed by atoms with Gasteiger partial charge >= 0.3 is 5.97 Å². The number of hydrogen-bond acceptors (Lipinski definition) is 8. The van der Waals surface area contributed by atoms with Crippen molar-refractivity contribution in [2.45, 2.75) is 26.8 Å². The van der Waals surface area contributed by atoms with Gasteiger partial charge in [-0.15, -0.1) is 0 Å². The number of halogens is 3. The van der Waals surface area contributed by atoms with Crippen LogP contribution in [0.3, 0.4) is 0 Å². The van der Waals surface area contributed by atoms with E-state index in [1.54, 1.807) is 0 Å². The summed E-state index contributed by atoms with van der Waals surface area (Å²) < 4.78 is 4.82. The fourth-order valence-electron chi connectivity index (χ4n) is 1.84. The van der Waals surface area contributed by atoms with Crippen molar-refractivity contribution in [1.29, 1.82) is 0 Å². The predicted molar refractivity (Wildman–Crippen MR) is 123 cm³/mol. The minimum Gasteiger partial charge on any atom is -0.494 e. The minimum absolute atomic E-state index is 0.0849. The third-order valence-corrected chi connectivity index (χ3v) is 3.62. The van der Waals surface area contributed by atoms with Crippen molar-refractivity contribution in [3.05, 3.63) is 33.0 Å². The fraction of sp³-hybridized carbons (Fsp3) is 0.444. The zero-order valence-electron chi connectivity index (χ0n) is 17.7. The van der Waals surface area contributed by atoms with Gasteiger partial charge in [-0.1, -0.05) is 23.2 Å². The van der Waals surface area contributed by atoms with Gasteiger partial charge in [0.2, 0.25) is 17.2 Å². The van der Waals surface area contributed by atoms with E-state index < -0.39 is 5.97 Å². The molecule has 4 N–H and O–H groups in total. The maximum absolute atomic E-state index is 10.7. The first-order chi connectivity index (χ1) is 14.1. The minimum atomic E-state index is -1.16. The number of ether oxygens (including phenoxy) is 1. The van der Waals surface area contributed by atoms with Crippen molar-refractivity contribution in [2.24, 2.45) is 0 Å². The number of carboxylic acid groups (broad SMARTS) is 1. The molecule has 0 unspecified atom stereocenters. The standard InChI is InChI=1S/C8H6Cl2O3.C8H14ClN5.C2H7N/c1-13-7-5(10)3-2-4(9)6(7)8(11)12;1-4-10-7-12-6(9)13-8(14-7)11-5(2)3;1-3-2/h2-3H,1H3,(H,11,12);5H,4H2,1-3H3,(H2,10,11,12,13,14);3H,1-2H3. The Bertz CT molecular complexity index is 809. The molecule has 2 rings (SSSR count). The van der Waals surface area contributed by atoms with E-state index in [1.165, 1.54) is 19.2 Å². The molecule has 0 fully saturated rings. The number of nitrogens with zero attached hydrogens (tertiary/aromatic N) is 3. The fourth-order valence-corrected chi connectivity index (χ4v) is 2.47. The highest BCUT2D eigenvalue weighted by Gasteiger charge is 2.18. The van der Waals surface area contributed by atoms with Crippen LogP contribution in [0, 0.1) is 0 Å². The molecule has 0 saturated carbocycles. The van der Waals surface area contributed by atoms with E-state index in [0.717, 1.165) is 6.54 Å². The average molecular weight is 482 g/mol. The van der Waals surface area contributed by atoms with Crippen LogP contribution < -0.4 is 20.7 Å². The van der Waals surface area contributed by atoms with Crippen LogP contribution in [0.2, 0.25) is 15.3 Å². The number of anilines is 2. The Labute approximate surface area is 191 Å². The van der Waals surface area contributed by atoms with E-state index in [4.69, 9.17) is 44.6 Å². The van der Waals surface area contributed by atoms with Crippen molar-refractivity contribution >= 4 is 52.7 Å². The molecule has 1 aromatic heterocycles. The van der Waals surface area contributed by atoms with Crippen LogP contribution >= 0.6 is 34.8 Å². The lowest BCUT2D eigenvalue weighted by Gasteiger charge is -2.09. The van der Waals surface area contributed by atoms with Crippen LogP contribution in [0.25, 0.3) is 0 Å². The number of benzene rings is 1. The van der Waals surface area contributed by atoms with Crippen molar-refractivity contribution < 1.29 is 14.6 Å². The first-order valence-corrected chi connectivity index (χ1v) is 10.00. The summed E-state index contributed by atoms with van der Waals surface area (Å²) in [5.41, 5.74) is -0.114. The smallest absolute Gasteiger partial charge is 0.341 e. The largest absolute Gasteiger partial charge is 0.494 e. The molecular formula is C18H27Cl3N6O3. The molecule has 168 valence electrons. The molecule has 1 aromatic carbocycles. The summed E-state index contributed by atoms with van der Waals surface area (Å²) in [6.45, 7) is 6.73. The predicted octanol–water partition coefficient (Wildman–Crippen LogP) is 4.31. The van der Waals surface area contributed by atoms with Gasteiger partial charge in [0.05, 0.1) is 17.2 Å². The molecular weight excluding hydrogens is 455 g/mol. The number of rotatable bonds is 6. The number of aromatic nitrogens is 3. The van der Waals surface area contributed by atoms with Crippen LogP contribution in [-0.2, 0) is 0 Å². The zero-order valence-corrected chi connectivity index (χ0v) is 19.9. The van der Waals surface area contributed by atoms with Gasteiger partial charge in [-0.2, -0.15) is 15.0 Å². The number of nitrogens with one attached hydrogen (secondary N) is 3. The van der Waals surface area contributed by atoms with Crippen molar-refractivity contribution in [2.75, 3.05) is 38.4 Å². The Morgan fingerprint density at radius 2 is 1.63 bits per heavy atom. The maximum atomic E-state index is 10.7. The third kappa shape index (κ3) is 10.1. The first-order valence-electron chi connectivity index (χ1n) is 8.86. The molecule has 0 spiro atoms. The van der Waals surface area contributed by atoms with Gasteiger partial charge in [-0.3, -0.25) is 0 Å². The lowest BCUT2D eigenvalue weighted by atomic mass is 10.2. The maximum Gasteiger partial charge on any atom is 0.341 e. The van der Waals surface area contributed by atoms with Gasteiger partial charge in [0.15, 0.2) is 5.75 Å². The van der Waals surface area contributed by atoms with E-state index in [2.05, 4.69) is 30.9 Å². The van der Waals surface area contributed by atoms with Crippen molar-refractivity contribution in [3.63, 3.8) is 0 Å². The van der Waals surface area contributed by atoms with Crippen LogP contribution in [0.4, 0.5) is 11.9 Å². The monoisotopic (exact) mass is 480 g/mol. The third-order valence-electron chi connectivity index (χ3n) is 2.84. The zero-order chi connectivity index (χ0) is 23.3. The average Bonchev–Trinajstić information content (AvgIpc) is 2.63. The molecule has 0 saturated heterocycles. The highest BCUT2D eigenvalue weighted by Crippen LogP contribution is 2.33. The Hall–Kier alpha value is -2.07. The number of carboxylic acids is 1. The summed E-state index contributed by atoms with van der Waals surface area (Å²) >= 11 is 17.1. The SMILES string of the molecule is CCNc1nc(Cl)nc(NC(C)C)n1.CNC.COc1c(Cl)ccc(Cl)c1C(=O)O. The van der Waals surface area contributed by atoms with Crippen LogP contribution in [0.5, 0.6) is 5.75 Å². The van der Waals surface area contributed by atoms with Crippen LogP contribution in [0.15, 0.2) is 12.1 Å². The van der Waals surface area contributed by atoms with Crippen molar-refractivity contribution in [1.82, 2.24) is 20.3 Å². The molecule has 0 atom stereocenters. The molecule has 12 heteroatoms. The number of methoxy groups -OCH3 is 1. The Morgan fingerprint density at radius 3 is 2.07 bits per heavy atom. The molecule has 0 radical (unpaired) electrons. The summed E-state index contributed by atoms with van der Waals surface area (Å²) in [5.74, 6) is -0.0855. The molecule has 2 aromatic rings. The van der Waals surface area contributed by atoms with E-state index in [-0.39, 0.29) is 32.7 Å². The molecule has 0 amide bonds. The van der Waals surface area contributed by atoms with Gasteiger partial charge in [-0.25, -0.2) is 4.79 Å². The molecule has 1 heterocycles. The van der Waals surface area contributed by atoms with E-state index in [1.807, 2.05) is 34.9 Å². The van der Waals surface area contributed by atoms with E-state index >= 15 is 0 Å². The van der Waals surface area contributed by atoms with Crippen LogP contribution in [-0.4, -0.2) is 59.8 Å². The normalized spacial score (nSPS) is 9.67. The summed E-state index contributed by atoms with van der Waals surface area (Å²) in [6.07, 6.45) is 0. The molecule has 0 aliphatic rings. The number of carbonyl (C=O) groups is 1. The summed E-state index contributed by atoms with van der Waals surface area (Å²) in [7, 11) is 5.09. The van der Waals surface area contributed by atoms with E-state index in [9.17, 15) is 4.79 Å². The van der Waals surface area contributed by atoms with Crippen molar-refractivity contribution in [3.8, 4) is 5.75 Å². The van der Waals surface area contributed by atoms with E-state index in [0.29, 0.717) is 11.9 Å². The Kier molecular flexibility index (Phi) is 13.8. The quantitative estimate of drug-likeness (QED) is 0.478. The molecule has 30 heavy (non-hydrogen) atoms. The van der Waals surface area contributed by atoms with Gasteiger partial charge < -0.3 is 25.8 Å². The molecule has 9 nitrogen and oxygen atoms in total. The number of aromatic carboxylic acids is 1. The highest BCUT2D eigenvalue weighted by molar-refractivity contribution is 6.36. The highest BCUT2D eigenvalue weighted by atomic mass is 35.5. The molecule has 0 aliphatic carbocycles. The number of hydrogen-bond donors (Lipinski definition) is 4. The van der Waals surface area contributed by atoms with Crippen LogP contribution in [0.1, 0.15) is 31.1 Å². The lowest BCUT2D eigenvalue weighted by Crippen LogP contribution is -2.14. The first kappa shape index (κ1) is 27.9. The van der Waals surface area contributed by atoms with Gasteiger partial charge in [-0.05, 0) is 58.6 Å². The van der Waals surface area contributed by atoms with Gasteiger partial charge in [0, 0.05) is 12.6 Å². The summed E-state index contributed by atoms with van der Waals surface area (Å²) in [4.78, 5) is 22.7. The second kappa shape index (κ2) is 14.8. The summed E-state index contributed by atoms with van der Waals surface area (Å²) in [6, 6.07) is 3.16.